The smallest absolute Gasteiger partial charge is 0.315 e. The second-order valence-electron chi connectivity index (χ2n) is 6.45. The predicted octanol–water partition coefficient (Wildman–Crippen LogP) is 2.09. The molecule has 0 saturated heterocycles. The number of pyridine rings is 1. The molecule has 124 valence electrons. The monoisotopic (exact) mass is 315 g/mol. The van der Waals surface area contributed by atoms with Crippen molar-refractivity contribution in [3.63, 3.8) is 0 Å². The van der Waals surface area contributed by atoms with Crippen molar-refractivity contribution in [2.24, 2.45) is 5.92 Å². The highest BCUT2D eigenvalue weighted by atomic mass is 16.3. The second-order valence-corrected chi connectivity index (χ2v) is 6.45. The van der Waals surface area contributed by atoms with Crippen LogP contribution in [-0.2, 0) is 19.4 Å². The van der Waals surface area contributed by atoms with Gasteiger partial charge in [0.15, 0.2) is 0 Å². The van der Waals surface area contributed by atoms with Crippen molar-refractivity contribution in [1.82, 2.24) is 15.6 Å². The van der Waals surface area contributed by atoms with Gasteiger partial charge in [0, 0.05) is 18.9 Å². The van der Waals surface area contributed by atoms with Crippen LogP contribution >= 0.6 is 0 Å². The first-order valence-corrected chi connectivity index (χ1v) is 8.52. The number of aryl methyl sites for hydroxylation is 1. The van der Waals surface area contributed by atoms with E-state index >= 15 is 0 Å². The van der Waals surface area contributed by atoms with Crippen LogP contribution in [0.3, 0.4) is 0 Å². The fourth-order valence-corrected chi connectivity index (χ4v) is 3.61. The largest absolute Gasteiger partial charge is 0.394 e. The number of aromatic nitrogens is 1. The van der Waals surface area contributed by atoms with Gasteiger partial charge in [0.2, 0.25) is 0 Å². The van der Waals surface area contributed by atoms with Gasteiger partial charge in [-0.1, -0.05) is 12.2 Å². The van der Waals surface area contributed by atoms with E-state index in [1.54, 1.807) is 0 Å². The van der Waals surface area contributed by atoms with E-state index in [0.29, 0.717) is 12.5 Å². The molecule has 0 bridgehead atoms. The molecule has 0 aliphatic heterocycles. The number of nitrogens with one attached hydrogen (secondary N) is 2. The first-order valence-electron chi connectivity index (χ1n) is 8.52. The molecular formula is C18H25N3O2. The van der Waals surface area contributed by atoms with Crippen molar-refractivity contribution >= 4 is 6.03 Å². The highest BCUT2D eigenvalue weighted by Gasteiger charge is 2.23. The molecule has 3 rings (SSSR count). The zero-order valence-corrected chi connectivity index (χ0v) is 13.4. The Morgan fingerprint density at radius 1 is 1.35 bits per heavy atom. The molecule has 1 aromatic rings. The lowest BCUT2D eigenvalue weighted by molar-refractivity contribution is 0.184. The van der Waals surface area contributed by atoms with Gasteiger partial charge in [0.05, 0.1) is 12.6 Å². The molecule has 5 nitrogen and oxygen atoms in total. The number of amides is 2. The minimum Gasteiger partial charge on any atom is -0.394 e. The molecule has 0 saturated carbocycles. The van der Waals surface area contributed by atoms with E-state index < -0.39 is 0 Å². The molecule has 2 unspecified atom stereocenters. The molecule has 0 spiro atoms. The van der Waals surface area contributed by atoms with Crippen LogP contribution in [0.4, 0.5) is 4.79 Å². The van der Waals surface area contributed by atoms with E-state index in [2.05, 4.69) is 27.8 Å². The number of rotatable bonds is 5. The molecule has 1 aromatic heterocycles. The lowest BCUT2D eigenvalue weighted by Gasteiger charge is -2.27. The average Bonchev–Trinajstić information content (AvgIpc) is 3.08. The summed E-state index contributed by atoms with van der Waals surface area (Å²) < 4.78 is 0. The number of aliphatic hydroxyl groups excluding tert-OH is 1. The fraction of sp³-hybridized carbons (Fsp3) is 0.556. The van der Waals surface area contributed by atoms with Crippen LogP contribution < -0.4 is 10.6 Å². The minimum absolute atomic E-state index is 0.0196. The molecule has 5 heteroatoms. The first kappa shape index (κ1) is 16.0. The molecule has 23 heavy (non-hydrogen) atoms. The Bertz CT molecular complexity index is 586. The van der Waals surface area contributed by atoms with Crippen LogP contribution in [0, 0.1) is 5.92 Å². The Balaban J connectivity index is 1.53. The summed E-state index contributed by atoms with van der Waals surface area (Å²) in [4.78, 5) is 16.4. The van der Waals surface area contributed by atoms with E-state index in [1.165, 1.54) is 17.5 Å². The zero-order valence-electron chi connectivity index (χ0n) is 13.4. The highest BCUT2D eigenvalue weighted by molar-refractivity contribution is 5.74. The molecule has 0 radical (unpaired) electrons. The van der Waals surface area contributed by atoms with Crippen LogP contribution in [0.2, 0.25) is 0 Å². The van der Waals surface area contributed by atoms with Crippen LogP contribution in [0.1, 0.15) is 42.4 Å². The minimum atomic E-state index is -0.214. The Morgan fingerprint density at radius 2 is 2.26 bits per heavy atom. The van der Waals surface area contributed by atoms with E-state index in [-0.39, 0.29) is 18.7 Å². The SMILES string of the molecule is O=C(NCc1cncc2c1CCC2)NC(CO)C1CC=CCC1. The van der Waals surface area contributed by atoms with Crippen LogP contribution in [0.5, 0.6) is 0 Å². The van der Waals surface area contributed by atoms with E-state index in [0.717, 1.165) is 37.7 Å². The summed E-state index contributed by atoms with van der Waals surface area (Å²) >= 11 is 0. The van der Waals surface area contributed by atoms with Crippen molar-refractivity contribution in [2.75, 3.05) is 6.61 Å². The molecule has 1 heterocycles. The molecule has 2 aliphatic rings. The number of urea groups is 1. The summed E-state index contributed by atoms with van der Waals surface area (Å²) in [6, 6.07) is -0.395. The third-order valence-corrected chi connectivity index (χ3v) is 4.94. The number of fused-ring (bicyclic) bond motifs is 1. The van der Waals surface area contributed by atoms with Crippen molar-refractivity contribution in [1.29, 1.82) is 0 Å². The van der Waals surface area contributed by atoms with Gasteiger partial charge in [-0.15, -0.1) is 0 Å². The zero-order chi connectivity index (χ0) is 16.1. The van der Waals surface area contributed by atoms with Crippen molar-refractivity contribution in [3.8, 4) is 0 Å². The van der Waals surface area contributed by atoms with Crippen LogP contribution in [-0.4, -0.2) is 28.8 Å². The normalized spacial score (nSPS) is 20.8. The van der Waals surface area contributed by atoms with Crippen molar-refractivity contribution in [2.45, 2.75) is 51.1 Å². The maximum Gasteiger partial charge on any atom is 0.315 e. The maximum atomic E-state index is 12.2. The number of hydrogen-bond acceptors (Lipinski definition) is 3. The molecule has 2 amide bonds. The summed E-state index contributed by atoms with van der Waals surface area (Å²) in [6.45, 7) is 0.471. The predicted molar refractivity (Wildman–Crippen MR) is 89.0 cm³/mol. The van der Waals surface area contributed by atoms with Gasteiger partial charge >= 0.3 is 6.03 Å². The Morgan fingerprint density at radius 3 is 3.04 bits per heavy atom. The summed E-state index contributed by atoms with van der Waals surface area (Å²) in [5.41, 5.74) is 3.76. The van der Waals surface area contributed by atoms with Gasteiger partial charge in [-0.05, 0) is 61.1 Å². The molecule has 3 N–H and O–H groups in total. The number of nitrogens with zero attached hydrogens (tertiary/aromatic N) is 1. The third kappa shape index (κ3) is 3.91. The Kier molecular flexibility index (Phi) is 5.28. The average molecular weight is 315 g/mol. The number of carbonyl (C=O) groups is 1. The molecule has 0 fully saturated rings. The third-order valence-electron chi connectivity index (χ3n) is 4.94. The van der Waals surface area contributed by atoms with E-state index in [9.17, 15) is 9.90 Å². The lowest BCUT2D eigenvalue weighted by Crippen LogP contribution is -2.47. The standard InChI is InChI=1S/C18H25N3O2/c22-12-17(13-5-2-1-3-6-13)21-18(23)20-11-15-10-19-9-14-7-4-8-16(14)15/h1-2,9-10,13,17,22H,3-8,11-12H2,(H2,20,21,23). The second kappa shape index (κ2) is 7.59. The summed E-state index contributed by atoms with van der Waals surface area (Å²) in [6.07, 6.45) is 14.4. The summed E-state index contributed by atoms with van der Waals surface area (Å²) in [5.74, 6) is 0.318. The van der Waals surface area contributed by atoms with E-state index in [4.69, 9.17) is 0 Å². The van der Waals surface area contributed by atoms with Gasteiger partial charge in [-0.25, -0.2) is 4.79 Å². The maximum absolute atomic E-state index is 12.2. The molecule has 2 aliphatic carbocycles. The van der Waals surface area contributed by atoms with Crippen LogP contribution in [0.15, 0.2) is 24.5 Å². The quantitative estimate of drug-likeness (QED) is 0.728. The first-order chi connectivity index (χ1) is 11.3. The lowest BCUT2D eigenvalue weighted by atomic mass is 9.88. The summed E-state index contributed by atoms with van der Waals surface area (Å²) in [7, 11) is 0. The number of aliphatic hydroxyl groups is 1. The van der Waals surface area contributed by atoms with Gasteiger partial charge in [0.25, 0.3) is 0 Å². The number of hydrogen-bond donors (Lipinski definition) is 3. The van der Waals surface area contributed by atoms with Gasteiger partial charge in [0.1, 0.15) is 0 Å². The Labute approximate surface area is 137 Å². The van der Waals surface area contributed by atoms with Crippen LogP contribution in [0.25, 0.3) is 0 Å². The Hall–Kier alpha value is -1.88. The highest BCUT2D eigenvalue weighted by Crippen LogP contribution is 2.24. The topological polar surface area (TPSA) is 74.2 Å². The molecular weight excluding hydrogens is 290 g/mol. The summed E-state index contributed by atoms with van der Waals surface area (Å²) in [5, 5.41) is 15.4. The number of carbonyl (C=O) groups excluding carboxylic acids is 1. The molecule has 0 aromatic carbocycles. The van der Waals surface area contributed by atoms with Crippen molar-refractivity contribution in [3.05, 3.63) is 41.2 Å². The van der Waals surface area contributed by atoms with Gasteiger partial charge in [-0.3, -0.25) is 4.98 Å². The van der Waals surface area contributed by atoms with Gasteiger partial charge < -0.3 is 15.7 Å². The fourth-order valence-electron chi connectivity index (χ4n) is 3.61. The molecule has 2 atom stereocenters. The number of allylic oxidation sites excluding steroid dienone is 2. The van der Waals surface area contributed by atoms with Crippen molar-refractivity contribution < 1.29 is 9.90 Å². The van der Waals surface area contributed by atoms with E-state index in [1.807, 2.05) is 12.4 Å². The van der Waals surface area contributed by atoms with Gasteiger partial charge in [-0.2, -0.15) is 0 Å².